The number of aromatic nitrogens is 3. The normalized spacial score (nSPS) is 10.7. The lowest BCUT2D eigenvalue weighted by atomic mass is 10.1. The van der Waals surface area contributed by atoms with Gasteiger partial charge in [-0.25, -0.2) is 9.67 Å². The van der Waals surface area contributed by atoms with E-state index < -0.39 is 0 Å². The van der Waals surface area contributed by atoms with Crippen LogP contribution in [0.15, 0.2) is 48.7 Å². The van der Waals surface area contributed by atoms with Gasteiger partial charge in [0, 0.05) is 18.2 Å². The Balaban J connectivity index is 2.02. The van der Waals surface area contributed by atoms with Crippen molar-refractivity contribution in [1.82, 2.24) is 14.8 Å². The minimum atomic E-state index is 0.656. The summed E-state index contributed by atoms with van der Waals surface area (Å²) in [5.41, 5.74) is 4.51. The molecule has 22 heavy (non-hydrogen) atoms. The summed E-state index contributed by atoms with van der Waals surface area (Å²) in [4.78, 5) is 4.45. The summed E-state index contributed by atoms with van der Waals surface area (Å²) >= 11 is 0. The molecule has 1 aromatic carbocycles. The van der Waals surface area contributed by atoms with Crippen molar-refractivity contribution in [3.05, 3.63) is 71.0 Å². The molecule has 0 saturated heterocycles. The van der Waals surface area contributed by atoms with Gasteiger partial charge < -0.3 is 4.74 Å². The van der Waals surface area contributed by atoms with Crippen LogP contribution in [0.25, 0.3) is 5.82 Å². The van der Waals surface area contributed by atoms with Crippen molar-refractivity contribution in [2.24, 2.45) is 0 Å². The number of aryl methyl sites for hydroxylation is 1. The number of rotatable bonds is 4. The molecule has 0 fully saturated rings. The van der Waals surface area contributed by atoms with E-state index in [1.165, 1.54) is 5.56 Å². The number of methoxy groups -OCH3 is 1. The lowest BCUT2D eigenvalue weighted by molar-refractivity contribution is 0.390. The van der Waals surface area contributed by atoms with Crippen LogP contribution in [0.3, 0.4) is 0 Å². The third kappa shape index (κ3) is 2.72. The summed E-state index contributed by atoms with van der Waals surface area (Å²) in [5.74, 6) is 1.46. The standard InChI is InChI=1S/C18H19N3O/c1-13-9-10-17(19-12-13)21-14(2)16(18(20-21)22-3)11-15-7-5-4-6-8-15/h4-10,12H,11H2,1-3H3. The van der Waals surface area contributed by atoms with Crippen molar-refractivity contribution in [3.8, 4) is 11.7 Å². The fourth-order valence-corrected chi connectivity index (χ4v) is 2.48. The average Bonchev–Trinajstić information content (AvgIpc) is 2.86. The van der Waals surface area contributed by atoms with E-state index in [-0.39, 0.29) is 0 Å². The molecule has 0 radical (unpaired) electrons. The van der Waals surface area contributed by atoms with Gasteiger partial charge in [-0.1, -0.05) is 36.4 Å². The second kappa shape index (κ2) is 6.02. The number of nitrogens with zero attached hydrogens (tertiary/aromatic N) is 3. The van der Waals surface area contributed by atoms with E-state index in [4.69, 9.17) is 4.74 Å². The van der Waals surface area contributed by atoms with E-state index in [1.807, 2.05) is 48.1 Å². The van der Waals surface area contributed by atoms with Crippen molar-refractivity contribution in [3.63, 3.8) is 0 Å². The lowest BCUT2D eigenvalue weighted by Crippen LogP contribution is -2.02. The molecule has 3 rings (SSSR count). The Morgan fingerprint density at radius 3 is 2.45 bits per heavy atom. The average molecular weight is 293 g/mol. The molecule has 2 heterocycles. The smallest absolute Gasteiger partial charge is 0.236 e. The molecule has 112 valence electrons. The summed E-state index contributed by atoms with van der Waals surface area (Å²) in [6.07, 6.45) is 2.64. The first-order chi connectivity index (χ1) is 10.7. The van der Waals surface area contributed by atoms with Crippen molar-refractivity contribution in [2.45, 2.75) is 20.3 Å². The highest BCUT2D eigenvalue weighted by Crippen LogP contribution is 2.26. The molecule has 0 spiro atoms. The van der Waals surface area contributed by atoms with Crippen LogP contribution >= 0.6 is 0 Å². The number of hydrogen-bond donors (Lipinski definition) is 0. The third-order valence-electron chi connectivity index (χ3n) is 3.73. The molecule has 0 unspecified atom stereocenters. The minimum Gasteiger partial charge on any atom is -0.480 e. The van der Waals surface area contributed by atoms with Gasteiger partial charge in [-0.2, -0.15) is 0 Å². The Hall–Kier alpha value is -2.62. The zero-order chi connectivity index (χ0) is 15.5. The SMILES string of the molecule is COc1nn(-c2ccc(C)cn2)c(C)c1Cc1ccccc1. The Bertz CT molecular complexity index is 761. The predicted molar refractivity (Wildman–Crippen MR) is 86.6 cm³/mol. The van der Waals surface area contributed by atoms with Crippen LogP contribution in [0.4, 0.5) is 0 Å². The van der Waals surface area contributed by atoms with Gasteiger partial charge in [0.1, 0.15) is 0 Å². The summed E-state index contributed by atoms with van der Waals surface area (Å²) < 4.78 is 7.31. The number of hydrogen-bond acceptors (Lipinski definition) is 3. The third-order valence-corrected chi connectivity index (χ3v) is 3.73. The largest absolute Gasteiger partial charge is 0.480 e. The van der Waals surface area contributed by atoms with Gasteiger partial charge in [0.05, 0.1) is 12.8 Å². The molecule has 0 saturated carbocycles. The fraction of sp³-hybridized carbons (Fsp3) is 0.222. The Kier molecular flexibility index (Phi) is 3.92. The second-order valence-electron chi connectivity index (χ2n) is 5.34. The molecule has 0 aliphatic carbocycles. The zero-order valence-corrected chi connectivity index (χ0v) is 13.1. The van der Waals surface area contributed by atoms with Crippen LogP contribution in [0.1, 0.15) is 22.4 Å². The van der Waals surface area contributed by atoms with Crippen LogP contribution in [0.2, 0.25) is 0 Å². The summed E-state index contributed by atoms with van der Waals surface area (Å²) in [6, 6.07) is 14.3. The van der Waals surface area contributed by atoms with Crippen molar-refractivity contribution >= 4 is 0 Å². The second-order valence-corrected chi connectivity index (χ2v) is 5.34. The summed E-state index contributed by atoms with van der Waals surface area (Å²) in [6.45, 7) is 4.07. The van der Waals surface area contributed by atoms with E-state index in [2.05, 4.69) is 29.1 Å². The van der Waals surface area contributed by atoms with E-state index >= 15 is 0 Å². The molecular weight excluding hydrogens is 274 g/mol. The highest BCUT2D eigenvalue weighted by Gasteiger charge is 2.17. The van der Waals surface area contributed by atoms with Gasteiger partial charge in [0.15, 0.2) is 5.82 Å². The van der Waals surface area contributed by atoms with Gasteiger partial charge >= 0.3 is 0 Å². The van der Waals surface area contributed by atoms with Gasteiger partial charge in [0.25, 0.3) is 0 Å². The first-order valence-electron chi connectivity index (χ1n) is 7.28. The maximum absolute atomic E-state index is 5.46. The van der Waals surface area contributed by atoms with Crippen LogP contribution in [-0.2, 0) is 6.42 Å². The number of ether oxygens (including phenoxy) is 1. The molecule has 2 aromatic heterocycles. The first-order valence-corrected chi connectivity index (χ1v) is 7.28. The van der Waals surface area contributed by atoms with Gasteiger partial charge in [-0.05, 0) is 31.0 Å². The molecule has 0 N–H and O–H groups in total. The molecule has 4 heteroatoms. The monoisotopic (exact) mass is 293 g/mol. The Morgan fingerprint density at radius 1 is 1.05 bits per heavy atom. The molecule has 0 aliphatic heterocycles. The van der Waals surface area contributed by atoms with E-state index in [1.54, 1.807) is 7.11 Å². The van der Waals surface area contributed by atoms with Crippen LogP contribution in [0, 0.1) is 13.8 Å². The van der Waals surface area contributed by atoms with E-state index in [0.717, 1.165) is 29.1 Å². The topological polar surface area (TPSA) is 39.9 Å². The van der Waals surface area contributed by atoms with Gasteiger partial charge in [-0.15, -0.1) is 5.10 Å². The van der Waals surface area contributed by atoms with Crippen molar-refractivity contribution in [1.29, 1.82) is 0 Å². The van der Waals surface area contributed by atoms with Crippen LogP contribution in [0.5, 0.6) is 5.88 Å². The first kappa shape index (κ1) is 14.3. The number of benzene rings is 1. The predicted octanol–water partition coefficient (Wildman–Crippen LogP) is 3.48. The maximum atomic E-state index is 5.46. The molecule has 0 bridgehead atoms. The molecule has 3 aromatic rings. The zero-order valence-electron chi connectivity index (χ0n) is 13.1. The minimum absolute atomic E-state index is 0.656. The highest BCUT2D eigenvalue weighted by atomic mass is 16.5. The van der Waals surface area contributed by atoms with Gasteiger partial charge in [-0.3, -0.25) is 0 Å². The number of pyridine rings is 1. The molecule has 0 amide bonds. The molecule has 0 atom stereocenters. The molecular formula is C18H19N3O. The van der Waals surface area contributed by atoms with Crippen molar-refractivity contribution in [2.75, 3.05) is 7.11 Å². The highest BCUT2D eigenvalue weighted by molar-refractivity contribution is 5.40. The molecule has 0 aliphatic rings. The summed E-state index contributed by atoms with van der Waals surface area (Å²) in [7, 11) is 1.66. The summed E-state index contributed by atoms with van der Waals surface area (Å²) in [5, 5.41) is 4.56. The Morgan fingerprint density at radius 2 is 1.82 bits per heavy atom. The maximum Gasteiger partial charge on any atom is 0.236 e. The van der Waals surface area contributed by atoms with Crippen LogP contribution < -0.4 is 4.74 Å². The van der Waals surface area contributed by atoms with Crippen LogP contribution in [-0.4, -0.2) is 21.9 Å². The lowest BCUT2D eigenvalue weighted by Gasteiger charge is -2.05. The van der Waals surface area contributed by atoms with E-state index in [9.17, 15) is 0 Å². The quantitative estimate of drug-likeness (QED) is 0.739. The van der Waals surface area contributed by atoms with E-state index in [0.29, 0.717) is 5.88 Å². The molecule has 4 nitrogen and oxygen atoms in total. The van der Waals surface area contributed by atoms with Gasteiger partial charge in [0.2, 0.25) is 5.88 Å². The Labute approximate surface area is 130 Å². The van der Waals surface area contributed by atoms with Crippen molar-refractivity contribution < 1.29 is 4.74 Å². The fourth-order valence-electron chi connectivity index (χ4n) is 2.48.